The van der Waals surface area contributed by atoms with Gasteiger partial charge in [0.2, 0.25) is 12.3 Å². The largest absolute Gasteiger partial charge is 0.480 e. The van der Waals surface area contributed by atoms with E-state index in [1.807, 2.05) is 48.5 Å². The highest BCUT2D eigenvalue weighted by Crippen LogP contribution is 2.44. The lowest BCUT2D eigenvalue weighted by molar-refractivity contribution is -0.150. The summed E-state index contributed by atoms with van der Waals surface area (Å²) >= 11 is 0. The first-order valence-corrected chi connectivity index (χ1v) is 10.7. The summed E-state index contributed by atoms with van der Waals surface area (Å²) < 4.78 is 31.6. The molecular formula is C24H26F2N2O5. The van der Waals surface area contributed by atoms with E-state index in [4.69, 9.17) is 4.74 Å². The highest BCUT2D eigenvalue weighted by molar-refractivity contribution is 5.89. The molecule has 1 aliphatic rings. The van der Waals surface area contributed by atoms with Crippen molar-refractivity contribution in [1.29, 1.82) is 0 Å². The number of alkyl carbamates (subject to hydrolysis) is 1. The van der Waals surface area contributed by atoms with Crippen molar-refractivity contribution in [2.45, 2.75) is 44.7 Å². The summed E-state index contributed by atoms with van der Waals surface area (Å²) in [5.74, 6) is -2.41. The number of hydrogen-bond donors (Lipinski definition) is 2. The first-order chi connectivity index (χ1) is 15.7. The lowest BCUT2D eigenvalue weighted by Gasteiger charge is -2.29. The molecular weight excluding hydrogens is 434 g/mol. The van der Waals surface area contributed by atoms with E-state index in [-0.39, 0.29) is 19.1 Å². The molecule has 1 aliphatic carbocycles. The molecule has 0 saturated heterocycles. The molecule has 2 atom stereocenters. The van der Waals surface area contributed by atoms with Gasteiger partial charge >= 0.3 is 12.1 Å². The fourth-order valence-electron chi connectivity index (χ4n) is 4.14. The second kappa shape index (κ2) is 10.4. The van der Waals surface area contributed by atoms with Crippen LogP contribution in [-0.4, -0.2) is 59.6 Å². The average Bonchev–Trinajstić information content (AvgIpc) is 3.11. The van der Waals surface area contributed by atoms with Crippen molar-refractivity contribution in [1.82, 2.24) is 10.2 Å². The Kier molecular flexibility index (Phi) is 7.63. The minimum Gasteiger partial charge on any atom is -0.480 e. The minimum absolute atomic E-state index is 0.0155. The van der Waals surface area contributed by atoms with Crippen molar-refractivity contribution >= 4 is 18.0 Å². The fraction of sp³-hybridized carbons (Fsp3) is 0.375. The zero-order valence-corrected chi connectivity index (χ0v) is 18.3. The second-order valence-corrected chi connectivity index (χ2v) is 7.79. The Morgan fingerprint density at radius 1 is 1.06 bits per heavy atom. The van der Waals surface area contributed by atoms with E-state index in [1.54, 1.807) is 0 Å². The van der Waals surface area contributed by atoms with Crippen LogP contribution in [0.15, 0.2) is 48.5 Å². The predicted molar refractivity (Wildman–Crippen MR) is 117 cm³/mol. The number of likely N-dealkylation sites (N-methyl/N-ethyl adjacent to an activating group) is 1. The molecule has 2 aromatic carbocycles. The molecule has 2 N–H and O–H groups in total. The minimum atomic E-state index is -2.88. The maximum absolute atomic E-state index is 13.1. The lowest BCUT2D eigenvalue weighted by Crippen LogP contribution is -2.53. The standard InChI is InChI=1S/C24H26F2N2O5/c1-3-28(14(2)23(30)31)22(29)20(12-21(25)26)27-24(32)33-13-19-17-10-6-4-8-15(17)16-9-5-7-11-18(16)19/h4-11,14,19-21H,3,12-13H2,1-2H3,(H,27,32)(H,30,31). The first kappa shape index (κ1) is 24.2. The van der Waals surface area contributed by atoms with Crippen molar-refractivity contribution in [2.24, 2.45) is 0 Å². The third-order valence-corrected chi connectivity index (χ3v) is 5.80. The van der Waals surface area contributed by atoms with Crippen LogP contribution in [0.4, 0.5) is 13.6 Å². The van der Waals surface area contributed by atoms with E-state index in [2.05, 4.69) is 5.32 Å². The van der Waals surface area contributed by atoms with Crippen LogP contribution in [0, 0.1) is 0 Å². The topological polar surface area (TPSA) is 95.9 Å². The summed E-state index contributed by atoms with van der Waals surface area (Å²) in [5, 5.41) is 11.4. The number of nitrogens with one attached hydrogen (secondary N) is 1. The summed E-state index contributed by atoms with van der Waals surface area (Å²) in [6.07, 6.45) is -4.85. The Labute approximate surface area is 190 Å². The molecule has 0 bridgehead atoms. The SMILES string of the molecule is CCN(C(=O)C(CC(F)F)NC(=O)OCC1c2ccccc2-c2ccccc21)C(C)C(=O)O. The molecule has 2 unspecified atom stereocenters. The van der Waals surface area contributed by atoms with Gasteiger partial charge in [0.15, 0.2) is 0 Å². The number of aliphatic carboxylic acids is 1. The second-order valence-electron chi connectivity index (χ2n) is 7.79. The molecule has 33 heavy (non-hydrogen) atoms. The normalized spacial score (nSPS) is 14.2. The molecule has 0 aliphatic heterocycles. The number of benzene rings is 2. The number of rotatable bonds is 9. The number of nitrogens with zero attached hydrogens (tertiary/aromatic N) is 1. The van der Waals surface area contributed by atoms with Gasteiger partial charge in [-0.3, -0.25) is 4.79 Å². The number of carboxylic acids is 1. The molecule has 0 aromatic heterocycles. The fourth-order valence-corrected chi connectivity index (χ4v) is 4.14. The van der Waals surface area contributed by atoms with Gasteiger partial charge < -0.3 is 20.1 Å². The Hall–Kier alpha value is -3.49. The zero-order chi connectivity index (χ0) is 24.1. The van der Waals surface area contributed by atoms with Gasteiger partial charge in [-0.1, -0.05) is 48.5 Å². The number of hydrogen-bond acceptors (Lipinski definition) is 4. The van der Waals surface area contributed by atoms with Crippen molar-refractivity contribution in [3.8, 4) is 11.1 Å². The van der Waals surface area contributed by atoms with Crippen LogP contribution in [0.5, 0.6) is 0 Å². The molecule has 0 fully saturated rings. The summed E-state index contributed by atoms with van der Waals surface area (Å²) in [5.41, 5.74) is 4.04. The summed E-state index contributed by atoms with van der Waals surface area (Å²) in [6, 6.07) is 12.6. The van der Waals surface area contributed by atoms with E-state index in [0.29, 0.717) is 0 Å². The van der Waals surface area contributed by atoms with Gasteiger partial charge in [0.25, 0.3) is 0 Å². The van der Waals surface area contributed by atoms with Crippen LogP contribution in [-0.2, 0) is 14.3 Å². The monoisotopic (exact) mass is 460 g/mol. The third-order valence-electron chi connectivity index (χ3n) is 5.80. The molecule has 3 rings (SSSR count). The van der Waals surface area contributed by atoms with Crippen molar-refractivity contribution in [3.63, 3.8) is 0 Å². The van der Waals surface area contributed by atoms with E-state index in [9.17, 15) is 28.3 Å². The lowest BCUT2D eigenvalue weighted by atomic mass is 9.98. The van der Waals surface area contributed by atoms with E-state index in [1.165, 1.54) is 13.8 Å². The van der Waals surface area contributed by atoms with Gasteiger partial charge in [-0.25, -0.2) is 18.4 Å². The summed E-state index contributed by atoms with van der Waals surface area (Å²) in [6.45, 7) is 2.75. The van der Waals surface area contributed by atoms with Crippen molar-refractivity contribution in [2.75, 3.05) is 13.2 Å². The molecule has 9 heteroatoms. The Morgan fingerprint density at radius 3 is 2.09 bits per heavy atom. The summed E-state index contributed by atoms with van der Waals surface area (Å²) in [7, 11) is 0. The molecule has 0 spiro atoms. The van der Waals surface area contributed by atoms with Crippen LogP contribution in [0.1, 0.15) is 37.3 Å². The average molecular weight is 460 g/mol. The van der Waals surface area contributed by atoms with Gasteiger partial charge in [-0.05, 0) is 36.1 Å². The molecule has 0 saturated carbocycles. The van der Waals surface area contributed by atoms with Crippen LogP contribution >= 0.6 is 0 Å². The maximum atomic E-state index is 13.1. The number of alkyl halides is 2. The number of carbonyl (C=O) groups is 3. The Bertz CT molecular complexity index is 984. The Morgan fingerprint density at radius 2 is 1.61 bits per heavy atom. The number of ether oxygens (including phenoxy) is 1. The maximum Gasteiger partial charge on any atom is 0.407 e. The van der Waals surface area contributed by atoms with Crippen molar-refractivity contribution in [3.05, 3.63) is 59.7 Å². The van der Waals surface area contributed by atoms with E-state index >= 15 is 0 Å². The van der Waals surface area contributed by atoms with Crippen LogP contribution in [0.2, 0.25) is 0 Å². The first-order valence-electron chi connectivity index (χ1n) is 10.7. The van der Waals surface area contributed by atoms with E-state index in [0.717, 1.165) is 27.2 Å². The summed E-state index contributed by atoms with van der Waals surface area (Å²) in [4.78, 5) is 37.4. The van der Waals surface area contributed by atoms with Gasteiger partial charge in [-0.2, -0.15) is 0 Å². The quantitative estimate of drug-likeness (QED) is 0.592. The van der Waals surface area contributed by atoms with Gasteiger partial charge in [-0.15, -0.1) is 0 Å². The van der Waals surface area contributed by atoms with Crippen LogP contribution in [0.3, 0.4) is 0 Å². The molecule has 0 heterocycles. The number of carbonyl (C=O) groups excluding carboxylic acids is 2. The van der Waals surface area contributed by atoms with Crippen LogP contribution < -0.4 is 5.32 Å². The molecule has 2 amide bonds. The zero-order valence-electron chi connectivity index (χ0n) is 18.3. The molecule has 7 nitrogen and oxygen atoms in total. The van der Waals surface area contributed by atoms with Gasteiger partial charge in [0.1, 0.15) is 18.7 Å². The van der Waals surface area contributed by atoms with Crippen molar-refractivity contribution < 1.29 is 33.0 Å². The third kappa shape index (κ3) is 5.30. The highest BCUT2D eigenvalue weighted by Gasteiger charge is 2.34. The van der Waals surface area contributed by atoms with Gasteiger partial charge in [0.05, 0.1) is 0 Å². The number of halogens is 2. The molecule has 0 radical (unpaired) electrons. The van der Waals surface area contributed by atoms with E-state index < -0.39 is 42.9 Å². The predicted octanol–water partition coefficient (Wildman–Crippen LogP) is 3.87. The molecule has 176 valence electrons. The van der Waals surface area contributed by atoms with Gasteiger partial charge in [0, 0.05) is 18.9 Å². The highest BCUT2D eigenvalue weighted by atomic mass is 19.3. The molecule has 2 aromatic rings. The smallest absolute Gasteiger partial charge is 0.407 e. The Balaban J connectivity index is 1.71. The number of carboxylic acid groups (broad SMARTS) is 1. The van der Waals surface area contributed by atoms with Crippen LogP contribution in [0.25, 0.3) is 11.1 Å². The number of amides is 2. The number of fused-ring (bicyclic) bond motifs is 3.